The number of thioether (sulfide) groups is 2. The van der Waals surface area contributed by atoms with E-state index in [1.165, 1.54) is 23.5 Å². The predicted octanol–water partition coefficient (Wildman–Crippen LogP) is 1.88. The van der Waals surface area contributed by atoms with Crippen LogP contribution >= 0.6 is 23.5 Å². The maximum Gasteiger partial charge on any atom is 0.400 e. The Bertz CT molecular complexity index is 488. The third-order valence-electron chi connectivity index (χ3n) is 2.43. The Kier molecular flexibility index (Phi) is 7.09. The molecule has 2 unspecified atom stereocenters. The molecule has 116 valence electrons. The van der Waals surface area contributed by atoms with Crippen molar-refractivity contribution >= 4 is 41.8 Å². The van der Waals surface area contributed by atoms with Gasteiger partial charge in [0.2, 0.25) is 0 Å². The van der Waals surface area contributed by atoms with E-state index in [4.69, 9.17) is 0 Å². The summed E-state index contributed by atoms with van der Waals surface area (Å²) in [4.78, 5) is 0. The van der Waals surface area contributed by atoms with Gasteiger partial charge >= 0.3 is 18.3 Å². The number of rotatable bonds is 4. The molecule has 0 bridgehead atoms. The second-order valence-corrected chi connectivity index (χ2v) is 10.9. The lowest BCUT2D eigenvalue weighted by Crippen LogP contribution is -2.29. The van der Waals surface area contributed by atoms with Crippen LogP contribution in [0.15, 0.2) is 24.0 Å². The molecule has 0 aromatic heterocycles. The zero-order valence-electron chi connectivity index (χ0n) is 10.6. The minimum absolute atomic E-state index is 0.177. The summed E-state index contributed by atoms with van der Waals surface area (Å²) >= 11 is 2.63. The minimum atomic E-state index is -4.78. The van der Waals surface area contributed by atoms with E-state index in [9.17, 15) is 16.8 Å². The molecule has 1 aliphatic heterocycles. The van der Waals surface area contributed by atoms with Crippen molar-refractivity contribution in [3.05, 3.63) is 24.0 Å². The fourth-order valence-electron chi connectivity index (χ4n) is 1.46. The molecular formula is C10H16O6S4. The van der Waals surface area contributed by atoms with Crippen LogP contribution in [0.5, 0.6) is 0 Å². The third kappa shape index (κ3) is 5.08. The fourth-order valence-corrected chi connectivity index (χ4v) is 4.95. The third-order valence-corrected chi connectivity index (χ3v) is 7.76. The van der Waals surface area contributed by atoms with Crippen LogP contribution in [0.4, 0.5) is 0 Å². The Morgan fingerprint density at radius 1 is 0.850 bits per heavy atom. The maximum absolute atomic E-state index is 11.6. The first kappa shape index (κ1) is 18.1. The first-order valence-electron chi connectivity index (χ1n) is 5.64. The van der Waals surface area contributed by atoms with E-state index in [0.29, 0.717) is 12.8 Å². The minimum Gasteiger partial charge on any atom is -0.255 e. The first-order valence-corrected chi connectivity index (χ1v) is 10.9. The molecule has 6 nitrogen and oxygen atoms in total. The Balaban J connectivity index is 2.95. The van der Waals surface area contributed by atoms with E-state index in [2.05, 4.69) is 21.5 Å². The fraction of sp³-hybridized carbons (Fsp3) is 0.600. The molecular weight excluding hydrogens is 344 g/mol. The van der Waals surface area contributed by atoms with Gasteiger partial charge in [0.15, 0.2) is 0 Å². The highest BCUT2D eigenvalue weighted by Gasteiger charge is 2.35. The van der Waals surface area contributed by atoms with Crippen molar-refractivity contribution in [3.63, 3.8) is 0 Å². The summed E-state index contributed by atoms with van der Waals surface area (Å²) in [6.45, 7) is 6.67. The first-order chi connectivity index (χ1) is 9.32. The van der Waals surface area contributed by atoms with Crippen molar-refractivity contribution in [1.82, 2.24) is 0 Å². The van der Waals surface area contributed by atoms with E-state index in [0.717, 1.165) is 0 Å². The van der Waals surface area contributed by atoms with Gasteiger partial charge in [-0.2, -0.15) is 16.8 Å². The van der Waals surface area contributed by atoms with Crippen LogP contribution in [0.1, 0.15) is 12.8 Å². The summed E-state index contributed by atoms with van der Waals surface area (Å²) in [6.07, 6.45) is 1.31. The monoisotopic (exact) mass is 360 g/mol. The summed E-state index contributed by atoms with van der Waals surface area (Å²) in [7, 11) is -9.57. The van der Waals surface area contributed by atoms with Gasteiger partial charge in [0, 0.05) is 10.5 Å². The van der Waals surface area contributed by atoms with Gasteiger partial charge < -0.3 is 0 Å². The van der Waals surface area contributed by atoms with Crippen LogP contribution in [0.25, 0.3) is 0 Å². The Morgan fingerprint density at radius 3 is 1.50 bits per heavy atom. The summed E-state index contributed by atoms with van der Waals surface area (Å²) in [5.74, 6) is 0. The van der Waals surface area contributed by atoms with E-state index >= 15 is 0 Å². The molecule has 0 N–H and O–H groups in total. The largest absolute Gasteiger partial charge is 0.400 e. The molecule has 10 heteroatoms. The quantitative estimate of drug-likeness (QED) is 0.702. The van der Waals surface area contributed by atoms with Crippen molar-refractivity contribution in [2.24, 2.45) is 0 Å². The second-order valence-electron chi connectivity index (χ2n) is 3.81. The smallest absolute Gasteiger partial charge is 0.255 e. The van der Waals surface area contributed by atoms with Crippen LogP contribution in [-0.2, 0) is 26.7 Å². The topological polar surface area (TPSA) is 86.7 Å². The SMILES string of the molecule is C=CSC1CCC(SC=C)COS(=O)(=O)S(=O)(=O)OC1. The molecule has 0 aliphatic carbocycles. The molecule has 1 saturated heterocycles. The lowest BCUT2D eigenvalue weighted by molar-refractivity contribution is 0.283. The second kappa shape index (κ2) is 7.85. The molecule has 2 atom stereocenters. The van der Waals surface area contributed by atoms with Gasteiger partial charge in [-0.1, -0.05) is 13.2 Å². The molecule has 1 fully saturated rings. The Labute approximate surface area is 127 Å². The van der Waals surface area contributed by atoms with Crippen molar-refractivity contribution < 1.29 is 25.2 Å². The van der Waals surface area contributed by atoms with Gasteiger partial charge in [-0.25, -0.2) is 0 Å². The molecule has 0 radical (unpaired) electrons. The molecule has 1 rings (SSSR count). The summed E-state index contributed by atoms with van der Waals surface area (Å²) in [5.41, 5.74) is 0. The van der Waals surface area contributed by atoms with E-state index in [-0.39, 0.29) is 23.7 Å². The molecule has 0 aromatic rings. The lowest BCUT2D eigenvalue weighted by Gasteiger charge is -2.21. The summed E-state index contributed by atoms with van der Waals surface area (Å²) < 4.78 is 55.3. The van der Waals surface area contributed by atoms with Crippen LogP contribution in [0.2, 0.25) is 0 Å². The zero-order chi connectivity index (χ0) is 15.2. The molecule has 20 heavy (non-hydrogen) atoms. The van der Waals surface area contributed by atoms with Gasteiger partial charge in [0.1, 0.15) is 0 Å². The summed E-state index contributed by atoms with van der Waals surface area (Å²) in [5, 5.41) is 2.80. The molecule has 0 aromatic carbocycles. The highest BCUT2D eigenvalue weighted by Crippen LogP contribution is 2.27. The lowest BCUT2D eigenvalue weighted by atomic mass is 10.2. The molecule has 1 heterocycles. The van der Waals surface area contributed by atoms with Gasteiger partial charge in [-0.3, -0.25) is 8.37 Å². The highest BCUT2D eigenvalue weighted by molar-refractivity contribution is 8.63. The van der Waals surface area contributed by atoms with Crippen LogP contribution in [0.3, 0.4) is 0 Å². The van der Waals surface area contributed by atoms with Crippen LogP contribution in [-0.4, -0.2) is 40.5 Å². The van der Waals surface area contributed by atoms with E-state index < -0.39 is 18.3 Å². The van der Waals surface area contributed by atoms with Crippen molar-refractivity contribution in [2.75, 3.05) is 13.2 Å². The van der Waals surface area contributed by atoms with E-state index in [1.54, 1.807) is 10.8 Å². The average molecular weight is 361 g/mol. The summed E-state index contributed by atoms with van der Waals surface area (Å²) in [6, 6.07) is 0. The van der Waals surface area contributed by atoms with Gasteiger partial charge in [0.25, 0.3) is 0 Å². The normalized spacial score (nSPS) is 30.2. The zero-order valence-corrected chi connectivity index (χ0v) is 13.9. The predicted molar refractivity (Wildman–Crippen MR) is 82.1 cm³/mol. The van der Waals surface area contributed by atoms with Crippen molar-refractivity contribution in [3.8, 4) is 0 Å². The molecule has 0 amide bonds. The number of hydrogen-bond donors (Lipinski definition) is 0. The maximum atomic E-state index is 11.6. The number of hydrogen-bond acceptors (Lipinski definition) is 8. The van der Waals surface area contributed by atoms with Crippen molar-refractivity contribution in [2.45, 2.75) is 23.3 Å². The van der Waals surface area contributed by atoms with Crippen LogP contribution in [0, 0.1) is 0 Å². The van der Waals surface area contributed by atoms with Crippen LogP contribution < -0.4 is 0 Å². The Hall–Kier alpha value is -0.000000000000000187. The highest BCUT2D eigenvalue weighted by atomic mass is 33.2. The van der Waals surface area contributed by atoms with Crippen molar-refractivity contribution in [1.29, 1.82) is 0 Å². The molecule has 1 aliphatic rings. The van der Waals surface area contributed by atoms with E-state index in [1.807, 2.05) is 0 Å². The van der Waals surface area contributed by atoms with Gasteiger partial charge in [0.05, 0.1) is 13.2 Å². The molecule has 0 saturated carbocycles. The van der Waals surface area contributed by atoms with Gasteiger partial charge in [-0.05, 0) is 23.7 Å². The molecule has 0 spiro atoms. The average Bonchev–Trinajstić information content (AvgIpc) is 2.37. The Morgan fingerprint density at radius 2 is 1.20 bits per heavy atom. The standard InChI is InChI=1S/C10H16O6S4/c1-3-17-9-5-6-10(18-4-2)8-16-20(13,14)19(11,12)15-7-9/h3-4,9-10H,1-2,5-8H2. The van der Waals surface area contributed by atoms with Gasteiger partial charge in [-0.15, -0.1) is 23.5 Å².